The van der Waals surface area contributed by atoms with Crippen molar-refractivity contribution in [1.82, 2.24) is 5.32 Å². The van der Waals surface area contributed by atoms with E-state index in [1.807, 2.05) is 0 Å². The van der Waals surface area contributed by atoms with E-state index in [2.05, 4.69) is 5.32 Å². The molecule has 1 aromatic rings. The van der Waals surface area contributed by atoms with E-state index < -0.39 is 11.7 Å². The van der Waals surface area contributed by atoms with Gasteiger partial charge in [-0.15, -0.1) is 0 Å². The van der Waals surface area contributed by atoms with Crippen LogP contribution in [-0.4, -0.2) is 19.7 Å². The van der Waals surface area contributed by atoms with E-state index in [0.29, 0.717) is 12.5 Å². The number of halogens is 3. The van der Waals surface area contributed by atoms with Crippen LogP contribution in [0.25, 0.3) is 0 Å². The minimum atomic E-state index is -4.36. The van der Waals surface area contributed by atoms with Crippen molar-refractivity contribution in [3.05, 3.63) is 29.8 Å². The average molecular weight is 259 g/mol. The highest BCUT2D eigenvalue weighted by atomic mass is 19.4. The third-order valence-corrected chi connectivity index (χ3v) is 3.07. The van der Waals surface area contributed by atoms with E-state index in [4.69, 9.17) is 4.74 Å². The average Bonchev–Trinajstić information content (AvgIpc) is 2.37. The number of benzene rings is 1. The number of para-hydroxylation sites is 1. The summed E-state index contributed by atoms with van der Waals surface area (Å²) in [6.07, 6.45) is -2.31. The lowest BCUT2D eigenvalue weighted by atomic mass is 10.0. The molecule has 0 saturated carbocycles. The van der Waals surface area contributed by atoms with Crippen LogP contribution in [0.1, 0.15) is 18.4 Å². The van der Waals surface area contributed by atoms with Crippen LogP contribution in [0.4, 0.5) is 13.2 Å². The first-order valence-electron chi connectivity index (χ1n) is 6.07. The molecule has 0 aromatic heterocycles. The first-order valence-corrected chi connectivity index (χ1v) is 6.07. The van der Waals surface area contributed by atoms with Gasteiger partial charge in [-0.25, -0.2) is 0 Å². The van der Waals surface area contributed by atoms with Crippen molar-refractivity contribution in [2.45, 2.75) is 19.0 Å². The van der Waals surface area contributed by atoms with E-state index in [1.54, 1.807) is 6.07 Å². The van der Waals surface area contributed by atoms with E-state index in [0.717, 1.165) is 32.0 Å². The standard InChI is InChI=1S/C13H16F3NO/c14-13(15,16)11-5-1-2-6-12(11)18-9-10-4-3-7-17-8-10/h1-2,5-6,10,17H,3-4,7-9H2/t10-/m1/s1. The Morgan fingerprint density at radius 3 is 2.72 bits per heavy atom. The molecule has 0 unspecified atom stereocenters. The number of hydrogen-bond donors (Lipinski definition) is 1. The van der Waals surface area contributed by atoms with Crippen molar-refractivity contribution in [3.8, 4) is 5.75 Å². The Morgan fingerprint density at radius 2 is 2.06 bits per heavy atom. The zero-order valence-corrected chi connectivity index (χ0v) is 9.96. The van der Waals surface area contributed by atoms with Gasteiger partial charge in [0.1, 0.15) is 5.75 Å². The van der Waals surface area contributed by atoms with Crippen LogP contribution < -0.4 is 10.1 Å². The molecule has 18 heavy (non-hydrogen) atoms. The van der Waals surface area contributed by atoms with Crippen LogP contribution in [0, 0.1) is 5.92 Å². The Kier molecular flexibility index (Phi) is 4.11. The normalized spacial score (nSPS) is 20.7. The van der Waals surface area contributed by atoms with Crippen LogP contribution >= 0.6 is 0 Å². The van der Waals surface area contributed by atoms with Crippen molar-refractivity contribution in [1.29, 1.82) is 0 Å². The van der Waals surface area contributed by atoms with Crippen molar-refractivity contribution in [2.75, 3.05) is 19.7 Å². The molecule has 1 atom stereocenters. The minimum Gasteiger partial charge on any atom is -0.493 e. The molecule has 100 valence electrons. The molecule has 0 radical (unpaired) electrons. The molecule has 2 rings (SSSR count). The molecule has 5 heteroatoms. The monoisotopic (exact) mass is 259 g/mol. The second-order valence-electron chi connectivity index (χ2n) is 4.52. The number of rotatable bonds is 3. The van der Waals surface area contributed by atoms with Gasteiger partial charge in [0.25, 0.3) is 0 Å². The van der Waals surface area contributed by atoms with Gasteiger partial charge in [-0.05, 0) is 31.5 Å². The Bertz CT molecular complexity index is 386. The number of ether oxygens (including phenoxy) is 1. The molecule has 0 bridgehead atoms. The van der Waals surface area contributed by atoms with E-state index >= 15 is 0 Å². The molecular formula is C13H16F3NO. The molecule has 0 aliphatic carbocycles. The van der Waals surface area contributed by atoms with Gasteiger partial charge < -0.3 is 10.1 Å². The summed E-state index contributed by atoms with van der Waals surface area (Å²) in [7, 11) is 0. The first-order chi connectivity index (χ1) is 8.57. The van der Waals surface area contributed by atoms with Crippen molar-refractivity contribution < 1.29 is 17.9 Å². The van der Waals surface area contributed by atoms with E-state index in [-0.39, 0.29) is 5.75 Å². The van der Waals surface area contributed by atoms with Crippen molar-refractivity contribution >= 4 is 0 Å². The van der Waals surface area contributed by atoms with Gasteiger partial charge in [-0.1, -0.05) is 12.1 Å². The van der Waals surface area contributed by atoms with Gasteiger partial charge in [-0.3, -0.25) is 0 Å². The predicted molar refractivity (Wildman–Crippen MR) is 62.5 cm³/mol. The molecular weight excluding hydrogens is 243 g/mol. The molecule has 0 spiro atoms. The van der Waals surface area contributed by atoms with Gasteiger partial charge in [-0.2, -0.15) is 13.2 Å². The summed E-state index contributed by atoms with van der Waals surface area (Å²) < 4.78 is 43.5. The number of piperidine rings is 1. The Labute approximate surface area is 104 Å². The molecule has 1 aliphatic heterocycles. The Morgan fingerprint density at radius 1 is 1.28 bits per heavy atom. The molecule has 1 aromatic carbocycles. The quantitative estimate of drug-likeness (QED) is 0.900. The molecule has 2 nitrogen and oxygen atoms in total. The second kappa shape index (κ2) is 5.61. The molecule has 1 fully saturated rings. The van der Waals surface area contributed by atoms with Crippen LogP contribution in [0.3, 0.4) is 0 Å². The fourth-order valence-electron chi connectivity index (χ4n) is 2.10. The fraction of sp³-hybridized carbons (Fsp3) is 0.538. The van der Waals surface area contributed by atoms with Gasteiger partial charge >= 0.3 is 6.18 Å². The van der Waals surface area contributed by atoms with Crippen LogP contribution in [0.15, 0.2) is 24.3 Å². The highest BCUT2D eigenvalue weighted by Gasteiger charge is 2.34. The maximum absolute atomic E-state index is 12.7. The van der Waals surface area contributed by atoms with E-state index in [1.165, 1.54) is 12.1 Å². The third kappa shape index (κ3) is 3.38. The topological polar surface area (TPSA) is 21.3 Å². The Balaban J connectivity index is 2.00. The largest absolute Gasteiger partial charge is 0.493 e. The third-order valence-electron chi connectivity index (χ3n) is 3.07. The zero-order chi connectivity index (χ0) is 13.0. The molecule has 0 amide bonds. The van der Waals surface area contributed by atoms with Gasteiger partial charge in [0, 0.05) is 12.5 Å². The highest BCUT2D eigenvalue weighted by molar-refractivity contribution is 5.35. The lowest BCUT2D eigenvalue weighted by Gasteiger charge is -2.23. The number of nitrogens with one attached hydrogen (secondary N) is 1. The summed E-state index contributed by atoms with van der Waals surface area (Å²) in [4.78, 5) is 0. The molecule has 1 N–H and O–H groups in total. The van der Waals surface area contributed by atoms with Gasteiger partial charge in [0.05, 0.1) is 12.2 Å². The smallest absolute Gasteiger partial charge is 0.419 e. The van der Waals surface area contributed by atoms with Crippen LogP contribution in [0.2, 0.25) is 0 Å². The second-order valence-corrected chi connectivity index (χ2v) is 4.52. The zero-order valence-electron chi connectivity index (χ0n) is 9.96. The van der Waals surface area contributed by atoms with Crippen LogP contribution in [0.5, 0.6) is 5.75 Å². The van der Waals surface area contributed by atoms with Crippen molar-refractivity contribution in [2.24, 2.45) is 5.92 Å². The highest BCUT2D eigenvalue weighted by Crippen LogP contribution is 2.36. The summed E-state index contributed by atoms with van der Waals surface area (Å²) in [6, 6.07) is 5.36. The lowest BCUT2D eigenvalue weighted by Crippen LogP contribution is -2.33. The van der Waals surface area contributed by atoms with Crippen molar-refractivity contribution in [3.63, 3.8) is 0 Å². The SMILES string of the molecule is FC(F)(F)c1ccccc1OC[C@@H]1CCCNC1. The first kappa shape index (κ1) is 13.2. The summed E-state index contributed by atoms with van der Waals surface area (Å²) in [5.41, 5.74) is -0.700. The Hall–Kier alpha value is -1.23. The maximum Gasteiger partial charge on any atom is 0.419 e. The van der Waals surface area contributed by atoms with E-state index in [9.17, 15) is 13.2 Å². The summed E-state index contributed by atoms with van der Waals surface area (Å²) >= 11 is 0. The summed E-state index contributed by atoms with van der Waals surface area (Å²) in [5.74, 6) is 0.218. The number of alkyl halides is 3. The maximum atomic E-state index is 12.7. The number of hydrogen-bond acceptors (Lipinski definition) is 2. The fourth-order valence-corrected chi connectivity index (χ4v) is 2.10. The van der Waals surface area contributed by atoms with Gasteiger partial charge in [0.15, 0.2) is 0 Å². The summed E-state index contributed by atoms with van der Waals surface area (Å²) in [6.45, 7) is 2.13. The van der Waals surface area contributed by atoms with Gasteiger partial charge in [0.2, 0.25) is 0 Å². The van der Waals surface area contributed by atoms with Crippen LogP contribution in [-0.2, 0) is 6.18 Å². The summed E-state index contributed by atoms with van der Waals surface area (Å²) in [5, 5.41) is 3.21. The minimum absolute atomic E-state index is 0.0735. The molecule has 1 aliphatic rings. The molecule has 1 saturated heterocycles. The molecule has 1 heterocycles. The predicted octanol–water partition coefficient (Wildman–Crippen LogP) is 3.08. The lowest BCUT2D eigenvalue weighted by molar-refractivity contribution is -0.139.